The molecule has 0 saturated carbocycles. The van der Waals surface area contributed by atoms with Crippen molar-refractivity contribution in [2.75, 3.05) is 18.1 Å². The van der Waals surface area contributed by atoms with Crippen LogP contribution in [-0.4, -0.2) is 18.4 Å². The molecule has 0 amide bonds. The van der Waals surface area contributed by atoms with Crippen LogP contribution in [0.4, 0.5) is 24.5 Å². The number of rotatable bonds is 2. The van der Waals surface area contributed by atoms with E-state index >= 15 is 0 Å². The van der Waals surface area contributed by atoms with Gasteiger partial charge in [0.15, 0.2) is 0 Å². The number of nitrogens with one attached hydrogen (secondary N) is 1. The maximum absolute atomic E-state index is 12.2. The normalized spacial score (nSPS) is 11.6. The van der Waals surface area contributed by atoms with E-state index in [0.29, 0.717) is 22.3 Å². The predicted molar refractivity (Wildman–Crippen MR) is 67.4 cm³/mol. The summed E-state index contributed by atoms with van der Waals surface area (Å²) < 4.78 is 40.5. The smallest absolute Gasteiger partial charge is 0.406 e. The molecule has 1 aromatic heterocycles. The molecule has 1 heterocycles. The van der Waals surface area contributed by atoms with Crippen molar-refractivity contribution in [2.24, 2.45) is 0 Å². The minimum absolute atomic E-state index is 0.0493. The van der Waals surface area contributed by atoms with Gasteiger partial charge in [-0.3, -0.25) is 4.98 Å². The van der Waals surface area contributed by atoms with E-state index in [2.05, 4.69) is 15.0 Å². The Hall–Kier alpha value is -1.89. The van der Waals surface area contributed by atoms with E-state index in [0.717, 1.165) is 6.07 Å². The fraction of sp³-hybridized carbons (Fsp3) is 0.182. The van der Waals surface area contributed by atoms with Crippen LogP contribution in [0.25, 0.3) is 10.9 Å². The highest BCUT2D eigenvalue weighted by Crippen LogP contribution is 2.36. The second-order valence-electron chi connectivity index (χ2n) is 3.69. The van der Waals surface area contributed by atoms with Crippen molar-refractivity contribution < 1.29 is 17.9 Å². The molecule has 0 aliphatic carbocycles. The number of benzene rings is 1. The molecule has 0 aliphatic heterocycles. The van der Waals surface area contributed by atoms with Crippen LogP contribution >= 0.6 is 11.6 Å². The number of nitrogens with zero attached hydrogens (tertiary/aromatic N) is 1. The maximum atomic E-state index is 12.2. The van der Waals surface area contributed by atoms with E-state index in [1.165, 1.54) is 12.3 Å². The third kappa shape index (κ3) is 2.76. The van der Waals surface area contributed by atoms with Gasteiger partial charge in [0, 0.05) is 18.5 Å². The number of pyridine rings is 1. The van der Waals surface area contributed by atoms with E-state index in [4.69, 9.17) is 17.3 Å². The summed E-state index contributed by atoms with van der Waals surface area (Å²) in [5, 5.41) is 3.20. The zero-order chi connectivity index (χ0) is 14.2. The topological polar surface area (TPSA) is 60.2 Å². The Morgan fingerprint density at radius 2 is 2.05 bits per heavy atom. The Labute approximate surface area is 111 Å². The molecule has 3 N–H and O–H groups in total. The Morgan fingerprint density at radius 1 is 1.37 bits per heavy atom. The van der Waals surface area contributed by atoms with Gasteiger partial charge in [-0.15, -0.1) is 13.2 Å². The molecule has 0 radical (unpaired) electrons. The first-order chi connectivity index (χ1) is 8.81. The second kappa shape index (κ2) is 4.65. The molecule has 0 fully saturated rings. The van der Waals surface area contributed by atoms with E-state index in [9.17, 15) is 13.2 Å². The Kier molecular flexibility index (Phi) is 3.32. The number of aromatic nitrogens is 1. The van der Waals surface area contributed by atoms with Gasteiger partial charge in [0.1, 0.15) is 5.75 Å². The molecule has 0 atom stereocenters. The summed E-state index contributed by atoms with van der Waals surface area (Å²) in [6.07, 6.45) is -3.41. The summed E-state index contributed by atoms with van der Waals surface area (Å²) in [6, 6.07) is 2.24. The summed E-state index contributed by atoms with van der Waals surface area (Å²) in [7, 11) is 1.59. The lowest BCUT2D eigenvalue weighted by atomic mass is 10.1. The lowest BCUT2D eigenvalue weighted by Crippen LogP contribution is -2.17. The van der Waals surface area contributed by atoms with E-state index in [1.54, 1.807) is 7.05 Å². The Bertz CT molecular complexity index is 631. The molecule has 4 nitrogen and oxygen atoms in total. The molecule has 0 saturated heterocycles. The molecule has 2 rings (SSSR count). The first kappa shape index (κ1) is 13.5. The van der Waals surface area contributed by atoms with Crippen molar-refractivity contribution in [1.29, 1.82) is 0 Å². The van der Waals surface area contributed by atoms with Crippen molar-refractivity contribution in [1.82, 2.24) is 4.98 Å². The number of halogens is 4. The monoisotopic (exact) mass is 291 g/mol. The molecule has 19 heavy (non-hydrogen) atoms. The molecule has 8 heteroatoms. The maximum Gasteiger partial charge on any atom is 0.573 e. The van der Waals surface area contributed by atoms with Crippen LogP contribution in [0.3, 0.4) is 0 Å². The highest BCUT2D eigenvalue weighted by atomic mass is 35.5. The predicted octanol–water partition coefficient (Wildman–Crippen LogP) is 3.41. The summed E-state index contributed by atoms with van der Waals surface area (Å²) in [5.74, 6) is -0.422. The average molecular weight is 292 g/mol. The number of anilines is 2. The zero-order valence-electron chi connectivity index (χ0n) is 9.68. The standard InChI is InChI=1S/C11H9ClF3N3O/c1-17-10-6-2-5(19-11(13,14)15)3-7(12)9(6)18-4-8(10)16/h2-4H,16H2,1H3,(H,17,18). The van der Waals surface area contributed by atoms with Crippen molar-refractivity contribution in [2.45, 2.75) is 6.36 Å². The van der Waals surface area contributed by atoms with Crippen LogP contribution in [0.1, 0.15) is 0 Å². The average Bonchev–Trinajstić information content (AvgIpc) is 2.26. The molecule has 0 spiro atoms. The van der Waals surface area contributed by atoms with Crippen molar-refractivity contribution in [3.05, 3.63) is 23.4 Å². The molecule has 0 bridgehead atoms. The SMILES string of the molecule is CNc1c(N)cnc2c(Cl)cc(OC(F)(F)F)cc12. The molecule has 1 aromatic carbocycles. The molecule has 102 valence electrons. The van der Waals surface area contributed by atoms with Crippen LogP contribution in [0, 0.1) is 0 Å². The summed E-state index contributed by atoms with van der Waals surface area (Å²) >= 11 is 5.89. The van der Waals surface area contributed by atoms with Gasteiger partial charge in [-0.1, -0.05) is 11.6 Å². The van der Waals surface area contributed by atoms with Gasteiger partial charge in [0.2, 0.25) is 0 Å². The molecular weight excluding hydrogens is 283 g/mol. The van der Waals surface area contributed by atoms with E-state index in [1.807, 2.05) is 0 Å². The minimum Gasteiger partial charge on any atom is -0.406 e. The first-order valence-electron chi connectivity index (χ1n) is 5.13. The Morgan fingerprint density at radius 3 is 2.63 bits per heavy atom. The number of fused-ring (bicyclic) bond motifs is 1. The molecule has 2 aromatic rings. The van der Waals surface area contributed by atoms with E-state index < -0.39 is 12.1 Å². The van der Waals surface area contributed by atoms with Crippen LogP contribution < -0.4 is 15.8 Å². The van der Waals surface area contributed by atoms with Gasteiger partial charge in [-0.2, -0.15) is 0 Å². The quantitative estimate of drug-likeness (QED) is 0.890. The number of hydrogen-bond acceptors (Lipinski definition) is 4. The minimum atomic E-state index is -4.79. The van der Waals surface area contributed by atoms with Crippen LogP contribution in [0.2, 0.25) is 5.02 Å². The number of hydrogen-bond donors (Lipinski definition) is 2. The van der Waals surface area contributed by atoms with Gasteiger partial charge in [0.25, 0.3) is 0 Å². The van der Waals surface area contributed by atoms with Gasteiger partial charge in [-0.05, 0) is 6.07 Å². The Balaban J connectivity index is 2.66. The van der Waals surface area contributed by atoms with Crippen molar-refractivity contribution in [3.8, 4) is 5.75 Å². The van der Waals surface area contributed by atoms with Crippen LogP contribution in [0.5, 0.6) is 5.75 Å². The molecular formula is C11H9ClF3N3O. The second-order valence-corrected chi connectivity index (χ2v) is 4.09. The van der Waals surface area contributed by atoms with Crippen LogP contribution in [0.15, 0.2) is 18.3 Å². The summed E-state index contributed by atoms with van der Waals surface area (Å²) in [5.41, 5.74) is 6.78. The summed E-state index contributed by atoms with van der Waals surface area (Å²) in [6.45, 7) is 0. The number of ether oxygens (including phenoxy) is 1. The molecule has 0 unspecified atom stereocenters. The van der Waals surface area contributed by atoms with Gasteiger partial charge in [-0.25, -0.2) is 0 Å². The lowest BCUT2D eigenvalue weighted by molar-refractivity contribution is -0.274. The first-order valence-corrected chi connectivity index (χ1v) is 5.51. The summed E-state index contributed by atoms with van der Waals surface area (Å²) in [4.78, 5) is 3.99. The van der Waals surface area contributed by atoms with Gasteiger partial charge < -0.3 is 15.8 Å². The largest absolute Gasteiger partial charge is 0.573 e. The zero-order valence-corrected chi connectivity index (χ0v) is 10.4. The van der Waals surface area contributed by atoms with E-state index in [-0.39, 0.29) is 5.02 Å². The third-order valence-corrected chi connectivity index (χ3v) is 2.70. The van der Waals surface area contributed by atoms with Gasteiger partial charge in [0.05, 0.1) is 28.1 Å². The van der Waals surface area contributed by atoms with Crippen molar-refractivity contribution >= 4 is 33.9 Å². The van der Waals surface area contributed by atoms with Gasteiger partial charge >= 0.3 is 6.36 Å². The van der Waals surface area contributed by atoms with Crippen molar-refractivity contribution in [3.63, 3.8) is 0 Å². The highest BCUT2D eigenvalue weighted by Gasteiger charge is 2.31. The number of alkyl halides is 3. The highest BCUT2D eigenvalue weighted by molar-refractivity contribution is 6.35. The number of nitrogen functional groups attached to an aromatic ring is 1. The third-order valence-electron chi connectivity index (χ3n) is 2.41. The number of nitrogens with two attached hydrogens (primary N) is 1. The fourth-order valence-corrected chi connectivity index (χ4v) is 1.98. The fourth-order valence-electron chi connectivity index (χ4n) is 1.72. The van der Waals surface area contributed by atoms with Crippen LogP contribution in [-0.2, 0) is 0 Å². The lowest BCUT2D eigenvalue weighted by Gasteiger charge is -2.13. The molecule has 0 aliphatic rings.